The summed E-state index contributed by atoms with van der Waals surface area (Å²) < 4.78 is 25.8. The molecule has 0 atom stereocenters. The van der Waals surface area contributed by atoms with E-state index in [1.54, 1.807) is 13.0 Å². The third kappa shape index (κ3) is 7.22. The molecule has 0 radical (unpaired) electrons. The lowest BCUT2D eigenvalue weighted by Gasteiger charge is -2.16. The van der Waals surface area contributed by atoms with E-state index in [-0.39, 0.29) is 18.2 Å². The predicted molar refractivity (Wildman–Crippen MR) is 151 cm³/mol. The minimum atomic E-state index is -0.338. The molecule has 0 aliphatic heterocycles. The molecule has 38 heavy (non-hydrogen) atoms. The largest absolute Gasteiger partial charge is 0.489 e. The van der Waals surface area contributed by atoms with Crippen molar-refractivity contribution in [2.75, 3.05) is 11.9 Å². The van der Waals surface area contributed by atoms with Crippen molar-refractivity contribution in [3.05, 3.63) is 119 Å². The molecule has 4 aromatic carbocycles. The number of nitrogens with one attached hydrogen (secondary N) is 1. The van der Waals surface area contributed by atoms with E-state index in [2.05, 4.69) is 49.5 Å². The monoisotopic (exact) mass is 511 g/mol. The predicted octanol–water partition coefficient (Wildman–Crippen LogP) is 7.80. The first-order valence-corrected chi connectivity index (χ1v) is 13.0. The van der Waals surface area contributed by atoms with E-state index in [0.29, 0.717) is 37.4 Å². The summed E-state index contributed by atoms with van der Waals surface area (Å²) in [5, 5.41) is 3.34. The number of esters is 1. The molecule has 0 saturated heterocycles. The van der Waals surface area contributed by atoms with Crippen molar-refractivity contribution in [2.24, 2.45) is 0 Å². The Morgan fingerprint density at radius 2 is 1.63 bits per heavy atom. The van der Waals surface area contributed by atoms with Gasteiger partial charge in [0.2, 0.25) is 0 Å². The van der Waals surface area contributed by atoms with Crippen LogP contribution in [0.3, 0.4) is 0 Å². The summed E-state index contributed by atoms with van der Waals surface area (Å²) >= 11 is 0. The van der Waals surface area contributed by atoms with Gasteiger partial charge in [0.05, 0.1) is 6.61 Å². The summed E-state index contributed by atoms with van der Waals surface area (Å²) in [7, 11) is 0. The molecule has 4 rings (SSSR count). The molecule has 0 aromatic heterocycles. The van der Waals surface area contributed by atoms with E-state index in [0.717, 1.165) is 22.4 Å². The van der Waals surface area contributed by atoms with E-state index in [9.17, 15) is 9.18 Å². The lowest BCUT2D eigenvalue weighted by Crippen LogP contribution is -2.06. The Hall–Kier alpha value is -4.12. The number of anilines is 1. The van der Waals surface area contributed by atoms with E-state index in [4.69, 9.17) is 9.47 Å². The Labute approximate surface area is 224 Å². The van der Waals surface area contributed by atoms with Crippen LogP contribution in [0.1, 0.15) is 41.2 Å². The number of hydrogen-bond acceptors (Lipinski definition) is 4. The van der Waals surface area contributed by atoms with Crippen molar-refractivity contribution in [3.8, 4) is 16.9 Å². The Morgan fingerprint density at radius 1 is 0.868 bits per heavy atom. The molecule has 0 amide bonds. The van der Waals surface area contributed by atoms with Gasteiger partial charge in [-0.1, -0.05) is 54.6 Å². The minimum Gasteiger partial charge on any atom is -0.489 e. The van der Waals surface area contributed by atoms with Gasteiger partial charge >= 0.3 is 5.97 Å². The molecule has 0 spiro atoms. The summed E-state index contributed by atoms with van der Waals surface area (Å²) in [5.74, 6) is 0.130. The highest BCUT2D eigenvalue weighted by atomic mass is 19.1. The molecule has 0 saturated carbocycles. The van der Waals surface area contributed by atoms with Gasteiger partial charge in [-0.15, -0.1) is 0 Å². The van der Waals surface area contributed by atoms with Crippen LogP contribution < -0.4 is 10.1 Å². The molecule has 0 heterocycles. The second-order valence-corrected chi connectivity index (χ2v) is 9.37. The lowest BCUT2D eigenvalue weighted by atomic mass is 9.94. The summed E-state index contributed by atoms with van der Waals surface area (Å²) in [6.45, 7) is 7.29. The third-order valence-electron chi connectivity index (χ3n) is 6.44. The molecular weight excluding hydrogens is 477 g/mol. The highest BCUT2D eigenvalue weighted by Gasteiger charge is 2.11. The van der Waals surface area contributed by atoms with E-state index in [1.807, 2.05) is 42.5 Å². The molecule has 4 nitrogen and oxygen atoms in total. The maximum atomic E-state index is 14.7. The Balaban J connectivity index is 1.53. The normalized spacial score (nSPS) is 10.7. The molecule has 4 aromatic rings. The lowest BCUT2D eigenvalue weighted by molar-refractivity contribution is -0.143. The molecule has 0 aliphatic carbocycles. The molecule has 5 heteroatoms. The second-order valence-electron chi connectivity index (χ2n) is 9.37. The first-order chi connectivity index (χ1) is 18.4. The van der Waals surface area contributed by atoms with Crippen LogP contribution in [-0.4, -0.2) is 12.6 Å². The molecule has 196 valence electrons. The van der Waals surface area contributed by atoms with Gasteiger partial charge in [-0.3, -0.25) is 4.79 Å². The number of hydrogen-bond donors (Lipinski definition) is 1. The Kier molecular flexibility index (Phi) is 9.15. The fraction of sp³-hybridized carbons (Fsp3) is 0.242. The zero-order valence-corrected chi connectivity index (χ0v) is 22.2. The van der Waals surface area contributed by atoms with Crippen LogP contribution in [-0.2, 0) is 29.1 Å². The smallest absolute Gasteiger partial charge is 0.306 e. The van der Waals surface area contributed by atoms with Crippen LogP contribution in [0.2, 0.25) is 0 Å². The van der Waals surface area contributed by atoms with Gasteiger partial charge in [0.25, 0.3) is 0 Å². The van der Waals surface area contributed by atoms with Gasteiger partial charge in [0, 0.05) is 18.7 Å². The van der Waals surface area contributed by atoms with Gasteiger partial charge in [-0.25, -0.2) is 4.39 Å². The fourth-order valence-corrected chi connectivity index (χ4v) is 4.54. The van der Waals surface area contributed by atoms with E-state index in [1.165, 1.54) is 22.8 Å². The number of carbonyl (C=O) groups excluding carboxylic acids is 1. The number of rotatable bonds is 11. The van der Waals surface area contributed by atoms with Crippen molar-refractivity contribution in [1.29, 1.82) is 0 Å². The highest BCUT2D eigenvalue weighted by molar-refractivity contribution is 5.73. The van der Waals surface area contributed by atoms with Crippen molar-refractivity contribution < 1.29 is 18.7 Å². The second kappa shape index (κ2) is 12.9. The third-order valence-corrected chi connectivity index (χ3v) is 6.44. The Bertz CT molecular complexity index is 1360. The van der Waals surface area contributed by atoms with Crippen LogP contribution >= 0.6 is 0 Å². The van der Waals surface area contributed by atoms with Crippen molar-refractivity contribution in [2.45, 2.75) is 46.8 Å². The Morgan fingerprint density at radius 3 is 2.34 bits per heavy atom. The van der Waals surface area contributed by atoms with E-state index < -0.39 is 0 Å². The topological polar surface area (TPSA) is 47.6 Å². The molecule has 1 N–H and O–H groups in total. The first-order valence-electron chi connectivity index (χ1n) is 13.0. The molecular formula is C33H34FNO3. The van der Waals surface area contributed by atoms with E-state index >= 15 is 0 Å². The summed E-state index contributed by atoms with van der Waals surface area (Å²) in [6.07, 6.45) is 0.472. The molecule has 0 aliphatic rings. The quantitative estimate of drug-likeness (QED) is 0.209. The number of benzene rings is 4. The van der Waals surface area contributed by atoms with Gasteiger partial charge in [0.15, 0.2) is 0 Å². The van der Waals surface area contributed by atoms with Crippen molar-refractivity contribution >= 4 is 11.7 Å². The maximum absolute atomic E-state index is 14.7. The van der Waals surface area contributed by atoms with Gasteiger partial charge in [-0.05, 0) is 96.5 Å². The standard InChI is InChI=1S/C33H34FNO3/c1-4-37-32(36)16-14-27-13-15-29(20-31(27)34)35-21-26-17-28(33-23(2)9-8-10-24(33)3)19-30(18-26)38-22-25-11-6-5-7-12-25/h5-13,15,17-20,35H,4,14,16,21-22H2,1-3H3. The zero-order valence-electron chi connectivity index (χ0n) is 22.2. The number of aryl methyl sites for hydroxylation is 3. The van der Waals surface area contributed by atoms with Gasteiger partial charge in [0.1, 0.15) is 18.2 Å². The van der Waals surface area contributed by atoms with Crippen LogP contribution in [0, 0.1) is 19.7 Å². The number of carbonyl (C=O) groups is 1. The van der Waals surface area contributed by atoms with Crippen molar-refractivity contribution in [1.82, 2.24) is 0 Å². The highest BCUT2D eigenvalue weighted by Crippen LogP contribution is 2.32. The maximum Gasteiger partial charge on any atom is 0.306 e. The average molecular weight is 512 g/mol. The van der Waals surface area contributed by atoms with Crippen LogP contribution in [0.4, 0.5) is 10.1 Å². The summed E-state index contributed by atoms with van der Waals surface area (Å²) in [6, 6.07) is 27.7. The van der Waals surface area contributed by atoms with Crippen LogP contribution in [0.5, 0.6) is 5.75 Å². The molecule has 0 fully saturated rings. The SMILES string of the molecule is CCOC(=O)CCc1ccc(NCc2cc(OCc3ccccc3)cc(-c3c(C)cccc3C)c2)cc1F. The minimum absolute atomic E-state index is 0.161. The fourth-order valence-electron chi connectivity index (χ4n) is 4.54. The van der Waals surface area contributed by atoms with Gasteiger partial charge in [-0.2, -0.15) is 0 Å². The summed E-state index contributed by atoms with van der Waals surface area (Å²) in [5.41, 5.74) is 7.97. The molecule has 0 unspecified atom stereocenters. The number of ether oxygens (including phenoxy) is 2. The van der Waals surface area contributed by atoms with Crippen LogP contribution in [0.25, 0.3) is 11.1 Å². The number of halogens is 1. The zero-order chi connectivity index (χ0) is 26.9. The van der Waals surface area contributed by atoms with Crippen molar-refractivity contribution in [3.63, 3.8) is 0 Å². The first kappa shape index (κ1) is 26.9. The average Bonchev–Trinajstić information content (AvgIpc) is 2.91. The van der Waals surface area contributed by atoms with Gasteiger partial charge < -0.3 is 14.8 Å². The van der Waals surface area contributed by atoms with Crippen LogP contribution in [0.15, 0.2) is 84.9 Å². The molecule has 0 bridgehead atoms. The summed E-state index contributed by atoms with van der Waals surface area (Å²) in [4.78, 5) is 11.6.